The van der Waals surface area contributed by atoms with Crippen LogP contribution >= 0.6 is 0 Å². The molecular weight excluding hydrogens is 300 g/mol. The Balaban J connectivity index is 1.68. The third-order valence-electron chi connectivity index (χ3n) is 3.61. The van der Waals surface area contributed by atoms with Crippen LogP contribution in [0.3, 0.4) is 0 Å². The van der Waals surface area contributed by atoms with Gasteiger partial charge in [0.2, 0.25) is 0 Å². The van der Waals surface area contributed by atoms with E-state index < -0.39 is 0 Å². The Labute approximate surface area is 141 Å². The molecule has 3 rings (SSSR count). The largest absolute Gasteiger partial charge is 0.305 e. The molecule has 1 aromatic heterocycles. The first-order chi connectivity index (χ1) is 11.6. The molecule has 0 bridgehead atoms. The van der Waals surface area contributed by atoms with Crippen LogP contribution in [-0.4, -0.2) is 35.1 Å². The number of aromatic nitrogens is 2. The van der Waals surface area contributed by atoms with Crippen LogP contribution in [0.1, 0.15) is 16.1 Å². The van der Waals surface area contributed by atoms with Crippen molar-refractivity contribution in [3.05, 3.63) is 71.9 Å². The first-order valence-electron chi connectivity index (χ1n) is 7.77. The van der Waals surface area contributed by atoms with Crippen LogP contribution in [0.25, 0.3) is 11.1 Å². The van der Waals surface area contributed by atoms with E-state index in [9.17, 15) is 4.79 Å². The number of carbonyl (C=O) groups excluding carboxylic acids is 1. The lowest BCUT2D eigenvalue weighted by molar-refractivity contribution is 0.102. The second kappa shape index (κ2) is 7.10. The quantitative estimate of drug-likeness (QED) is 0.757. The van der Waals surface area contributed by atoms with Crippen LogP contribution in [0.2, 0.25) is 0 Å². The van der Waals surface area contributed by atoms with Crippen molar-refractivity contribution in [2.24, 2.45) is 0 Å². The van der Waals surface area contributed by atoms with Crippen molar-refractivity contribution in [2.75, 3.05) is 19.4 Å². The fourth-order valence-corrected chi connectivity index (χ4v) is 2.48. The highest BCUT2D eigenvalue weighted by Gasteiger charge is 2.09. The topological polar surface area (TPSA) is 61.0 Å². The maximum atomic E-state index is 12.3. The minimum Gasteiger partial charge on any atom is -0.305 e. The van der Waals surface area contributed by atoms with Crippen LogP contribution in [0.15, 0.2) is 60.7 Å². The Morgan fingerprint density at radius 1 is 1.04 bits per heavy atom. The van der Waals surface area contributed by atoms with Gasteiger partial charge in [-0.15, -0.1) is 0 Å². The minimum absolute atomic E-state index is 0.169. The Bertz CT molecular complexity index is 807. The number of nitrogens with zero attached hydrogens (tertiary/aromatic N) is 2. The summed E-state index contributed by atoms with van der Waals surface area (Å²) in [4.78, 5) is 14.3. The van der Waals surface area contributed by atoms with Crippen molar-refractivity contribution in [1.29, 1.82) is 0 Å². The summed E-state index contributed by atoms with van der Waals surface area (Å²) in [6.45, 7) is 0.745. The average molecular weight is 320 g/mol. The van der Waals surface area contributed by atoms with Crippen LogP contribution in [0, 0.1) is 0 Å². The van der Waals surface area contributed by atoms with E-state index in [1.807, 2.05) is 79.7 Å². The first-order valence-corrected chi connectivity index (χ1v) is 7.77. The molecule has 0 radical (unpaired) electrons. The molecule has 2 aromatic carbocycles. The predicted octanol–water partition coefficient (Wildman–Crippen LogP) is 3.39. The molecule has 5 nitrogen and oxygen atoms in total. The summed E-state index contributed by atoms with van der Waals surface area (Å²) in [5.41, 5.74) is 3.77. The fraction of sp³-hybridized carbons (Fsp3) is 0.158. The van der Waals surface area contributed by atoms with Gasteiger partial charge in [0.25, 0.3) is 5.91 Å². The number of benzene rings is 2. The van der Waals surface area contributed by atoms with Gasteiger partial charge >= 0.3 is 0 Å². The highest BCUT2D eigenvalue weighted by Crippen LogP contribution is 2.19. The number of aromatic amines is 1. The highest BCUT2D eigenvalue weighted by atomic mass is 16.1. The number of hydrogen-bond acceptors (Lipinski definition) is 3. The molecule has 0 saturated carbocycles. The van der Waals surface area contributed by atoms with E-state index in [4.69, 9.17) is 0 Å². The Hall–Kier alpha value is -2.92. The van der Waals surface area contributed by atoms with Gasteiger partial charge in [0, 0.05) is 18.2 Å². The molecule has 3 aromatic rings. The number of amides is 1. The lowest BCUT2D eigenvalue weighted by Gasteiger charge is -2.06. The van der Waals surface area contributed by atoms with E-state index in [-0.39, 0.29) is 5.91 Å². The van der Waals surface area contributed by atoms with E-state index in [2.05, 4.69) is 15.5 Å². The normalized spacial score (nSPS) is 10.8. The summed E-state index contributed by atoms with van der Waals surface area (Å²) >= 11 is 0. The summed E-state index contributed by atoms with van der Waals surface area (Å²) in [5.74, 6) is 0.363. The van der Waals surface area contributed by atoms with Gasteiger partial charge in [0.1, 0.15) is 0 Å². The maximum absolute atomic E-state index is 12.3. The summed E-state index contributed by atoms with van der Waals surface area (Å²) in [5, 5.41) is 9.85. The molecule has 0 aliphatic carbocycles. The lowest BCUT2D eigenvalue weighted by atomic mass is 10.0. The van der Waals surface area contributed by atoms with Gasteiger partial charge in [-0.3, -0.25) is 9.89 Å². The van der Waals surface area contributed by atoms with Crippen molar-refractivity contribution in [3.63, 3.8) is 0 Å². The summed E-state index contributed by atoms with van der Waals surface area (Å²) in [7, 11) is 3.96. The Kier molecular flexibility index (Phi) is 4.72. The van der Waals surface area contributed by atoms with Crippen molar-refractivity contribution in [3.8, 4) is 11.1 Å². The van der Waals surface area contributed by atoms with E-state index in [0.717, 1.165) is 23.4 Å². The molecule has 0 spiro atoms. The summed E-state index contributed by atoms with van der Waals surface area (Å²) in [6.07, 6.45) is 0. The molecule has 1 heterocycles. The number of rotatable bonds is 5. The van der Waals surface area contributed by atoms with Crippen molar-refractivity contribution in [2.45, 2.75) is 6.54 Å². The smallest absolute Gasteiger partial charge is 0.256 e. The monoisotopic (exact) mass is 320 g/mol. The molecule has 24 heavy (non-hydrogen) atoms. The van der Waals surface area contributed by atoms with E-state index >= 15 is 0 Å². The zero-order valence-electron chi connectivity index (χ0n) is 13.8. The van der Waals surface area contributed by atoms with Gasteiger partial charge in [-0.05, 0) is 37.4 Å². The van der Waals surface area contributed by atoms with E-state index in [1.165, 1.54) is 0 Å². The summed E-state index contributed by atoms with van der Waals surface area (Å²) < 4.78 is 0. The van der Waals surface area contributed by atoms with Gasteiger partial charge in [-0.1, -0.05) is 42.5 Å². The minimum atomic E-state index is -0.169. The number of hydrogen-bond donors (Lipinski definition) is 2. The zero-order valence-corrected chi connectivity index (χ0v) is 13.8. The van der Waals surface area contributed by atoms with Gasteiger partial charge in [0.05, 0.1) is 5.69 Å². The van der Waals surface area contributed by atoms with Gasteiger partial charge in [0.15, 0.2) is 5.82 Å². The molecule has 0 atom stereocenters. The molecule has 2 N–H and O–H groups in total. The summed E-state index contributed by atoms with van der Waals surface area (Å²) in [6, 6.07) is 19.5. The van der Waals surface area contributed by atoms with Crippen molar-refractivity contribution in [1.82, 2.24) is 15.1 Å². The highest BCUT2D eigenvalue weighted by molar-refractivity contribution is 6.04. The van der Waals surface area contributed by atoms with Crippen molar-refractivity contribution >= 4 is 11.7 Å². The molecule has 0 aliphatic heterocycles. The number of carbonyl (C=O) groups is 1. The Morgan fingerprint density at radius 2 is 1.71 bits per heavy atom. The number of nitrogens with one attached hydrogen (secondary N) is 2. The van der Waals surface area contributed by atoms with Crippen LogP contribution < -0.4 is 5.32 Å². The third kappa shape index (κ3) is 3.88. The molecule has 0 fully saturated rings. The predicted molar refractivity (Wildman–Crippen MR) is 95.8 cm³/mol. The zero-order chi connectivity index (χ0) is 16.9. The number of anilines is 1. The van der Waals surface area contributed by atoms with Crippen LogP contribution in [0.5, 0.6) is 0 Å². The SMILES string of the molecule is CN(C)Cc1cc(NC(=O)c2ccc(-c3ccccc3)cc2)n[nH]1. The maximum Gasteiger partial charge on any atom is 0.256 e. The molecule has 122 valence electrons. The lowest BCUT2D eigenvalue weighted by Crippen LogP contribution is -2.12. The molecule has 0 aliphatic rings. The molecule has 5 heteroatoms. The fourth-order valence-electron chi connectivity index (χ4n) is 2.48. The molecule has 0 unspecified atom stereocenters. The van der Waals surface area contributed by atoms with Gasteiger partial charge in [-0.2, -0.15) is 5.10 Å². The average Bonchev–Trinajstić information content (AvgIpc) is 3.02. The second-order valence-corrected chi connectivity index (χ2v) is 5.91. The molecule has 1 amide bonds. The van der Waals surface area contributed by atoms with Crippen molar-refractivity contribution < 1.29 is 4.79 Å². The van der Waals surface area contributed by atoms with Crippen LogP contribution in [0.4, 0.5) is 5.82 Å². The second-order valence-electron chi connectivity index (χ2n) is 5.91. The van der Waals surface area contributed by atoms with Gasteiger partial charge < -0.3 is 10.2 Å². The standard InChI is InChI=1S/C19H20N4O/c1-23(2)13-17-12-18(22-21-17)20-19(24)16-10-8-15(9-11-16)14-6-4-3-5-7-14/h3-12H,13H2,1-2H3,(H2,20,21,22,24). The number of H-pyrrole nitrogens is 1. The molecular formula is C19H20N4O. The Morgan fingerprint density at radius 3 is 2.38 bits per heavy atom. The first kappa shape index (κ1) is 16.0. The third-order valence-corrected chi connectivity index (χ3v) is 3.61. The van der Waals surface area contributed by atoms with E-state index in [0.29, 0.717) is 11.4 Å². The van der Waals surface area contributed by atoms with Gasteiger partial charge in [-0.25, -0.2) is 0 Å². The van der Waals surface area contributed by atoms with E-state index in [1.54, 1.807) is 0 Å². The van der Waals surface area contributed by atoms with Crippen LogP contribution in [-0.2, 0) is 6.54 Å². The molecule has 0 saturated heterocycles.